The highest BCUT2D eigenvalue weighted by Crippen LogP contribution is 2.35. The Morgan fingerprint density at radius 2 is 1.95 bits per heavy atom. The van der Waals surface area contributed by atoms with Crippen LogP contribution in [0.5, 0.6) is 0 Å². The number of hydrogen-bond acceptors (Lipinski definition) is 6. The molecule has 7 nitrogen and oxygen atoms in total. The number of aromatic nitrogens is 1. The molecule has 1 amide bonds. The molecule has 8 heteroatoms. The van der Waals surface area contributed by atoms with E-state index in [4.69, 9.17) is 30.8 Å². The minimum Gasteiger partial charge on any atom is -0.471 e. The molecule has 3 unspecified atom stereocenters. The Bertz CT molecular complexity index is 1260. The highest BCUT2D eigenvalue weighted by atomic mass is 35.5. The zero-order valence-electron chi connectivity index (χ0n) is 21.1. The first kappa shape index (κ1) is 24.5. The number of carbonyl (C=O) groups excluding carboxylic acids is 1. The number of allylic oxidation sites excluding steroid dienone is 1. The molecule has 5 atom stereocenters. The van der Waals surface area contributed by atoms with Crippen molar-refractivity contribution < 1.29 is 19.0 Å². The SMILES string of the molecule is CC(=O)NC1CC=C(c2ccc(-c3nc4c(cc3Cl)CNC(O[C@@H]3COC5C3OC[C@H]5C)=C4)cc2)CC1. The first-order valence-corrected chi connectivity index (χ1v) is 13.4. The van der Waals surface area contributed by atoms with Crippen molar-refractivity contribution in [3.8, 4) is 11.3 Å². The lowest BCUT2D eigenvalue weighted by molar-refractivity contribution is -0.119. The molecule has 0 saturated carbocycles. The summed E-state index contributed by atoms with van der Waals surface area (Å²) in [7, 11) is 0. The summed E-state index contributed by atoms with van der Waals surface area (Å²) in [5, 5.41) is 6.98. The van der Waals surface area contributed by atoms with E-state index < -0.39 is 0 Å². The quantitative estimate of drug-likeness (QED) is 0.594. The van der Waals surface area contributed by atoms with Crippen molar-refractivity contribution in [1.82, 2.24) is 15.6 Å². The maximum atomic E-state index is 11.3. The molecule has 1 aliphatic carbocycles. The molecule has 194 valence electrons. The molecule has 2 N–H and O–H groups in total. The largest absolute Gasteiger partial charge is 0.471 e. The molecule has 4 heterocycles. The summed E-state index contributed by atoms with van der Waals surface area (Å²) < 4.78 is 18.1. The van der Waals surface area contributed by atoms with Crippen LogP contribution in [0.15, 0.2) is 42.3 Å². The van der Waals surface area contributed by atoms with Gasteiger partial charge in [-0.2, -0.15) is 0 Å². The van der Waals surface area contributed by atoms with Gasteiger partial charge < -0.3 is 24.8 Å². The second kappa shape index (κ2) is 10.1. The van der Waals surface area contributed by atoms with Gasteiger partial charge in [0.2, 0.25) is 5.91 Å². The number of nitrogens with zero attached hydrogens (tertiary/aromatic N) is 1. The third kappa shape index (κ3) is 5.00. The molecule has 37 heavy (non-hydrogen) atoms. The van der Waals surface area contributed by atoms with Crippen molar-refractivity contribution in [2.75, 3.05) is 13.2 Å². The molecule has 0 spiro atoms. The van der Waals surface area contributed by atoms with Crippen LogP contribution in [0.25, 0.3) is 22.9 Å². The summed E-state index contributed by atoms with van der Waals surface area (Å²) >= 11 is 6.67. The summed E-state index contributed by atoms with van der Waals surface area (Å²) in [6.07, 6.45) is 6.89. The molecule has 2 fully saturated rings. The number of ether oxygens (including phenoxy) is 3. The Labute approximate surface area is 222 Å². The van der Waals surface area contributed by atoms with E-state index in [2.05, 4.69) is 47.9 Å². The average Bonchev–Trinajstić information content (AvgIpc) is 3.47. The van der Waals surface area contributed by atoms with E-state index in [9.17, 15) is 4.79 Å². The van der Waals surface area contributed by atoms with Gasteiger partial charge in [0.15, 0.2) is 12.0 Å². The number of halogens is 1. The normalized spacial score (nSPS) is 28.5. The Kier molecular flexibility index (Phi) is 6.69. The predicted molar refractivity (Wildman–Crippen MR) is 142 cm³/mol. The Hall–Kier alpha value is -2.87. The van der Waals surface area contributed by atoms with Crippen LogP contribution in [0.4, 0.5) is 0 Å². The topological polar surface area (TPSA) is 81.7 Å². The lowest BCUT2D eigenvalue weighted by Gasteiger charge is -2.24. The molecule has 0 bridgehead atoms. The highest BCUT2D eigenvalue weighted by Gasteiger charge is 2.47. The molecule has 1 aromatic carbocycles. The summed E-state index contributed by atoms with van der Waals surface area (Å²) in [5.41, 5.74) is 6.12. The first-order chi connectivity index (χ1) is 17.9. The number of amides is 1. The van der Waals surface area contributed by atoms with Gasteiger partial charge in [0.1, 0.15) is 6.10 Å². The van der Waals surface area contributed by atoms with E-state index in [-0.39, 0.29) is 30.3 Å². The van der Waals surface area contributed by atoms with Crippen molar-refractivity contribution in [3.05, 3.63) is 64.1 Å². The summed E-state index contributed by atoms with van der Waals surface area (Å²) in [6.45, 7) is 5.56. The Balaban J connectivity index is 1.18. The van der Waals surface area contributed by atoms with Gasteiger partial charge in [-0.05, 0) is 42.0 Å². The molecule has 0 radical (unpaired) electrons. The van der Waals surface area contributed by atoms with Crippen molar-refractivity contribution in [1.29, 1.82) is 0 Å². The van der Waals surface area contributed by atoms with Crippen LogP contribution in [0.2, 0.25) is 5.02 Å². The molecular weight excluding hydrogens is 490 g/mol. The van der Waals surface area contributed by atoms with Gasteiger partial charge in [-0.15, -0.1) is 0 Å². The summed E-state index contributed by atoms with van der Waals surface area (Å²) in [6, 6.07) is 10.6. The van der Waals surface area contributed by atoms with Gasteiger partial charge in [-0.1, -0.05) is 48.9 Å². The number of benzene rings is 1. The minimum atomic E-state index is -0.128. The number of fused-ring (bicyclic) bond motifs is 2. The van der Waals surface area contributed by atoms with Crippen molar-refractivity contribution >= 4 is 29.2 Å². The third-order valence-corrected chi connectivity index (χ3v) is 7.98. The van der Waals surface area contributed by atoms with Gasteiger partial charge in [-0.3, -0.25) is 4.79 Å². The first-order valence-electron chi connectivity index (χ1n) is 13.1. The average molecular weight is 522 g/mol. The van der Waals surface area contributed by atoms with Crippen LogP contribution in [0.3, 0.4) is 0 Å². The maximum Gasteiger partial charge on any atom is 0.217 e. The molecule has 2 saturated heterocycles. The van der Waals surface area contributed by atoms with Crippen LogP contribution < -0.4 is 10.6 Å². The number of nitrogens with one attached hydrogen (secondary N) is 2. The van der Waals surface area contributed by atoms with Gasteiger partial charge in [-0.25, -0.2) is 4.98 Å². The van der Waals surface area contributed by atoms with Gasteiger partial charge in [0.25, 0.3) is 0 Å². The van der Waals surface area contributed by atoms with E-state index in [0.717, 1.165) is 41.8 Å². The second-order valence-corrected chi connectivity index (χ2v) is 10.8. The van der Waals surface area contributed by atoms with Gasteiger partial charge in [0.05, 0.1) is 35.7 Å². The monoisotopic (exact) mass is 521 g/mol. The van der Waals surface area contributed by atoms with Crippen molar-refractivity contribution in [2.24, 2.45) is 5.92 Å². The predicted octanol–water partition coefficient (Wildman–Crippen LogP) is 4.69. The lowest BCUT2D eigenvalue weighted by atomic mass is 9.90. The fourth-order valence-corrected chi connectivity index (χ4v) is 6.00. The number of rotatable bonds is 5. The van der Waals surface area contributed by atoms with Crippen LogP contribution >= 0.6 is 11.6 Å². The molecule has 6 rings (SSSR count). The second-order valence-electron chi connectivity index (χ2n) is 10.4. The molecule has 1 aromatic heterocycles. The number of hydrogen-bond donors (Lipinski definition) is 2. The van der Waals surface area contributed by atoms with E-state index in [1.807, 2.05) is 12.1 Å². The van der Waals surface area contributed by atoms with E-state index in [1.165, 1.54) is 11.1 Å². The van der Waals surface area contributed by atoms with Gasteiger partial charge in [0, 0.05) is 37.1 Å². The molecule has 2 aromatic rings. The summed E-state index contributed by atoms with van der Waals surface area (Å²) in [5.74, 6) is 1.10. The van der Waals surface area contributed by atoms with Crippen LogP contribution in [0.1, 0.15) is 49.9 Å². The lowest BCUT2D eigenvalue weighted by Crippen LogP contribution is -2.33. The zero-order valence-corrected chi connectivity index (χ0v) is 21.9. The van der Waals surface area contributed by atoms with Crippen LogP contribution in [-0.2, 0) is 25.5 Å². The Morgan fingerprint density at radius 1 is 1.16 bits per heavy atom. The van der Waals surface area contributed by atoms with Crippen LogP contribution in [0, 0.1) is 5.92 Å². The third-order valence-electron chi connectivity index (χ3n) is 7.69. The van der Waals surface area contributed by atoms with Crippen molar-refractivity contribution in [2.45, 2.75) is 64.0 Å². The smallest absolute Gasteiger partial charge is 0.217 e. The highest BCUT2D eigenvalue weighted by molar-refractivity contribution is 6.33. The summed E-state index contributed by atoms with van der Waals surface area (Å²) in [4.78, 5) is 16.2. The molecule has 3 aliphatic heterocycles. The van der Waals surface area contributed by atoms with Crippen molar-refractivity contribution in [3.63, 3.8) is 0 Å². The van der Waals surface area contributed by atoms with E-state index in [1.54, 1.807) is 6.92 Å². The minimum absolute atomic E-state index is 0.0260. The fraction of sp³-hybridized carbons (Fsp3) is 0.448. The standard InChI is InChI=1S/C29H32ClN3O4/c1-16-14-35-29-25(15-36-28(16)29)37-26-12-24-21(13-31-26)11-23(30)27(33-24)20-5-3-18(4-6-20)19-7-9-22(10-8-19)32-17(2)34/h3-7,11-12,16,22,25,28-29,31H,8-10,13-15H2,1-2H3,(H,32,34)/t16-,22?,25-,28?,29?/m1/s1. The number of carbonyl (C=O) groups is 1. The van der Waals surface area contributed by atoms with Crippen LogP contribution in [-0.4, -0.2) is 48.5 Å². The Morgan fingerprint density at radius 3 is 2.70 bits per heavy atom. The maximum absolute atomic E-state index is 11.3. The zero-order chi connectivity index (χ0) is 25.5. The molecular formula is C29H32ClN3O4. The fourth-order valence-electron chi connectivity index (χ4n) is 5.72. The number of pyridine rings is 1. The van der Waals surface area contributed by atoms with E-state index in [0.29, 0.717) is 36.6 Å². The molecule has 4 aliphatic rings. The van der Waals surface area contributed by atoms with E-state index >= 15 is 0 Å². The van der Waals surface area contributed by atoms with Gasteiger partial charge >= 0.3 is 0 Å².